The number of anilines is 1. The number of aryl methyl sites for hydroxylation is 1. The third kappa shape index (κ3) is 4.53. The number of H-pyrrole nitrogens is 1. The molecule has 0 saturated carbocycles. The van der Waals surface area contributed by atoms with E-state index in [9.17, 15) is 12.8 Å². The summed E-state index contributed by atoms with van der Waals surface area (Å²) in [4.78, 5) is 8.50. The lowest BCUT2D eigenvalue weighted by molar-refractivity contribution is 0.305. The summed E-state index contributed by atoms with van der Waals surface area (Å²) in [6.07, 6.45) is 2.26. The average Bonchev–Trinajstić information content (AvgIpc) is 3.25. The zero-order valence-electron chi connectivity index (χ0n) is 17.2. The molecule has 0 bridgehead atoms. The fourth-order valence-corrected chi connectivity index (χ4v) is 4.24. The van der Waals surface area contributed by atoms with E-state index in [1.807, 2.05) is 0 Å². The number of halogens is 1. The molecule has 11 heteroatoms. The predicted octanol–water partition coefficient (Wildman–Crippen LogP) is 3.00. The number of aromatic amines is 1. The molecule has 2 aromatic heterocycles. The second kappa shape index (κ2) is 8.89. The van der Waals surface area contributed by atoms with Crippen molar-refractivity contribution in [2.45, 2.75) is 18.2 Å². The third-order valence-corrected chi connectivity index (χ3v) is 6.03. The number of nitrogens with zero attached hydrogens (tertiary/aromatic N) is 3. The largest absolute Gasteiger partial charge is 0.477 e. The Bertz CT molecular complexity index is 1360. The molecular weight excluding hydrogens is 435 g/mol. The van der Waals surface area contributed by atoms with Gasteiger partial charge in [0.1, 0.15) is 16.1 Å². The highest BCUT2D eigenvalue weighted by molar-refractivity contribution is 7.92. The Morgan fingerprint density at radius 2 is 1.94 bits per heavy atom. The minimum atomic E-state index is -4.08. The molecule has 0 unspecified atom stereocenters. The van der Waals surface area contributed by atoms with Gasteiger partial charge in [-0.25, -0.2) is 17.8 Å². The lowest BCUT2D eigenvalue weighted by Crippen LogP contribution is -2.14. The maximum absolute atomic E-state index is 14.0. The molecule has 2 heterocycles. The van der Waals surface area contributed by atoms with Crippen molar-refractivity contribution in [2.75, 3.05) is 17.9 Å². The Morgan fingerprint density at radius 1 is 1.16 bits per heavy atom. The summed E-state index contributed by atoms with van der Waals surface area (Å²) < 4.78 is 47.4. The summed E-state index contributed by atoms with van der Waals surface area (Å²) >= 11 is 0. The first-order valence-corrected chi connectivity index (χ1v) is 11.3. The van der Waals surface area contributed by atoms with E-state index in [2.05, 4.69) is 24.9 Å². The van der Waals surface area contributed by atoms with Crippen molar-refractivity contribution in [3.8, 4) is 17.3 Å². The molecule has 4 rings (SSSR count). The lowest BCUT2D eigenvalue weighted by Gasteiger charge is -2.11. The van der Waals surface area contributed by atoms with Crippen molar-refractivity contribution in [2.24, 2.45) is 5.73 Å². The molecule has 0 amide bonds. The van der Waals surface area contributed by atoms with Gasteiger partial charge in [-0.15, -0.1) is 0 Å². The Morgan fingerprint density at radius 3 is 2.69 bits per heavy atom. The number of benzene rings is 2. The number of rotatable bonds is 8. The number of aromatic nitrogens is 4. The number of sulfonamides is 1. The molecule has 4 N–H and O–H groups in total. The van der Waals surface area contributed by atoms with Crippen LogP contribution in [-0.2, 0) is 10.0 Å². The maximum atomic E-state index is 14.0. The highest BCUT2D eigenvalue weighted by Gasteiger charge is 2.19. The van der Waals surface area contributed by atoms with Gasteiger partial charge in [0, 0.05) is 11.3 Å². The third-order valence-electron chi connectivity index (χ3n) is 4.63. The van der Waals surface area contributed by atoms with Gasteiger partial charge in [0.2, 0.25) is 5.88 Å². The quantitative estimate of drug-likeness (QED) is 0.347. The monoisotopic (exact) mass is 456 g/mol. The van der Waals surface area contributed by atoms with Gasteiger partial charge in [-0.3, -0.25) is 9.82 Å². The first-order valence-electron chi connectivity index (χ1n) is 9.81. The van der Waals surface area contributed by atoms with Gasteiger partial charge < -0.3 is 10.5 Å². The Kier molecular flexibility index (Phi) is 6.01. The molecular formula is C21H21FN6O3S. The van der Waals surface area contributed by atoms with Gasteiger partial charge in [-0.05, 0) is 61.9 Å². The van der Waals surface area contributed by atoms with Crippen LogP contribution < -0.4 is 15.2 Å². The van der Waals surface area contributed by atoms with Crippen LogP contribution in [-0.4, -0.2) is 41.7 Å². The maximum Gasteiger partial charge on any atom is 0.264 e. The highest BCUT2D eigenvalue weighted by atomic mass is 32.2. The Hall–Kier alpha value is -3.57. The van der Waals surface area contributed by atoms with E-state index in [0.29, 0.717) is 53.4 Å². The molecule has 0 aliphatic heterocycles. The van der Waals surface area contributed by atoms with Gasteiger partial charge in [-0.1, -0.05) is 6.07 Å². The summed E-state index contributed by atoms with van der Waals surface area (Å²) in [7, 11) is -4.08. The summed E-state index contributed by atoms with van der Waals surface area (Å²) in [5.41, 5.74) is 7.57. The number of fused-ring (bicyclic) bond motifs is 1. The van der Waals surface area contributed by atoms with Crippen LogP contribution in [0.15, 0.2) is 53.6 Å². The molecule has 0 atom stereocenters. The van der Waals surface area contributed by atoms with Crippen LogP contribution in [0.2, 0.25) is 0 Å². The van der Waals surface area contributed by atoms with Crippen molar-refractivity contribution in [3.05, 3.63) is 60.0 Å². The normalized spacial score (nSPS) is 11.6. The zero-order valence-corrected chi connectivity index (χ0v) is 18.0. The number of ether oxygens (including phenoxy) is 1. The molecule has 0 aliphatic carbocycles. The number of hydrogen-bond acceptors (Lipinski definition) is 7. The number of hydrogen-bond donors (Lipinski definition) is 3. The van der Waals surface area contributed by atoms with E-state index in [4.69, 9.17) is 10.5 Å². The molecule has 0 aliphatic rings. The minimum absolute atomic E-state index is 0.275. The zero-order chi connectivity index (χ0) is 22.7. The lowest BCUT2D eigenvalue weighted by atomic mass is 10.2. The first-order chi connectivity index (χ1) is 15.4. The molecule has 2 aromatic carbocycles. The van der Waals surface area contributed by atoms with Crippen LogP contribution >= 0.6 is 0 Å². The van der Waals surface area contributed by atoms with Gasteiger partial charge >= 0.3 is 0 Å². The van der Waals surface area contributed by atoms with E-state index < -0.39 is 20.7 Å². The second-order valence-corrected chi connectivity index (χ2v) is 8.74. The second-order valence-electron chi connectivity index (χ2n) is 7.09. The molecule has 0 fully saturated rings. The summed E-state index contributed by atoms with van der Waals surface area (Å²) in [6, 6.07) is 10.3. The van der Waals surface area contributed by atoms with Crippen molar-refractivity contribution < 1.29 is 17.5 Å². The summed E-state index contributed by atoms with van der Waals surface area (Å²) in [5.74, 6) is -0.0568. The average molecular weight is 457 g/mol. The van der Waals surface area contributed by atoms with Crippen LogP contribution in [0.5, 0.6) is 5.88 Å². The van der Waals surface area contributed by atoms with Crippen LogP contribution in [0.25, 0.3) is 22.4 Å². The molecule has 0 radical (unpaired) electrons. The highest BCUT2D eigenvalue weighted by Crippen LogP contribution is 2.27. The smallest absolute Gasteiger partial charge is 0.264 e. The van der Waals surface area contributed by atoms with Gasteiger partial charge in [0.15, 0.2) is 11.5 Å². The molecule has 0 saturated heterocycles. The first kappa shape index (κ1) is 21.7. The summed E-state index contributed by atoms with van der Waals surface area (Å²) in [6.45, 7) is 2.59. The fraction of sp³-hybridized carbons (Fsp3) is 0.190. The summed E-state index contributed by atoms with van der Waals surface area (Å²) in [5, 5.41) is 7.43. The van der Waals surface area contributed by atoms with E-state index in [1.165, 1.54) is 12.1 Å². The Labute approximate surface area is 183 Å². The van der Waals surface area contributed by atoms with Gasteiger partial charge in [0.25, 0.3) is 10.0 Å². The Balaban J connectivity index is 1.60. The molecule has 32 heavy (non-hydrogen) atoms. The molecule has 0 spiro atoms. The topological polar surface area (TPSA) is 136 Å². The molecule has 9 nitrogen and oxygen atoms in total. The number of nitrogens with one attached hydrogen (secondary N) is 2. The molecule has 166 valence electrons. The SMILES string of the molecule is Cc1ccc(F)c(S(=O)(=O)Nc2ccc(-c3nc(OCCCN)c4cn[nH]c4n3)cc2)c1. The number of nitrogens with two attached hydrogens (primary N) is 1. The van der Waals surface area contributed by atoms with Crippen molar-refractivity contribution in [1.29, 1.82) is 0 Å². The van der Waals surface area contributed by atoms with E-state index >= 15 is 0 Å². The minimum Gasteiger partial charge on any atom is -0.477 e. The van der Waals surface area contributed by atoms with Crippen molar-refractivity contribution in [3.63, 3.8) is 0 Å². The standard InChI is InChI=1S/C21H21FN6O3S/c1-13-3-8-17(22)18(11-13)32(29,30)28-15-6-4-14(5-7-15)19-25-20-16(12-24-27-20)21(26-19)31-10-2-9-23/h3-8,11-12,28H,2,9-10,23H2,1H3,(H,24,25,26,27). The predicted molar refractivity (Wildman–Crippen MR) is 118 cm³/mol. The van der Waals surface area contributed by atoms with Crippen LogP contribution in [0.4, 0.5) is 10.1 Å². The van der Waals surface area contributed by atoms with Crippen molar-refractivity contribution >= 4 is 26.7 Å². The van der Waals surface area contributed by atoms with Crippen LogP contribution in [0.3, 0.4) is 0 Å². The van der Waals surface area contributed by atoms with Crippen molar-refractivity contribution in [1.82, 2.24) is 20.2 Å². The van der Waals surface area contributed by atoms with E-state index in [-0.39, 0.29) is 5.69 Å². The van der Waals surface area contributed by atoms with Gasteiger partial charge in [-0.2, -0.15) is 10.1 Å². The van der Waals surface area contributed by atoms with Crippen LogP contribution in [0.1, 0.15) is 12.0 Å². The van der Waals surface area contributed by atoms with E-state index in [1.54, 1.807) is 37.4 Å². The molecule has 4 aromatic rings. The fourth-order valence-electron chi connectivity index (χ4n) is 3.01. The van der Waals surface area contributed by atoms with Crippen LogP contribution in [0, 0.1) is 12.7 Å². The van der Waals surface area contributed by atoms with Gasteiger partial charge in [0.05, 0.1) is 12.8 Å². The van der Waals surface area contributed by atoms with E-state index in [0.717, 1.165) is 6.07 Å².